The molecule has 0 aromatic carbocycles. The number of nitrogens with two attached hydrogens (primary N) is 2. The number of nitrogen functional groups attached to an aromatic ring is 1. The normalized spacial score (nSPS) is 9.94. The second-order valence-electron chi connectivity index (χ2n) is 3.58. The lowest BCUT2D eigenvalue weighted by Gasteiger charge is -2.04. The number of aryl methyl sites for hydroxylation is 1. The van der Waals surface area contributed by atoms with Crippen LogP contribution in [0.15, 0.2) is 6.07 Å². The van der Waals surface area contributed by atoms with Gasteiger partial charge in [-0.25, -0.2) is 9.97 Å². The topological polar surface area (TPSA) is 124 Å². The second kappa shape index (κ2) is 5.78. The molecule has 0 unspecified atom stereocenters. The van der Waals surface area contributed by atoms with Crippen molar-refractivity contribution in [1.82, 2.24) is 15.3 Å². The number of nitrogens with zero attached hydrogens (tertiary/aromatic N) is 2. The number of amides is 2. The maximum Gasteiger partial charge on any atom is 0.270 e. The zero-order valence-electron chi connectivity index (χ0n) is 9.56. The Hall–Kier alpha value is -2.18. The molecule has 0 aliphatic rings. The van der Waals surface area contributed by atoms with Crippen molar-refractivity contribution in [1.29, 1.82) is 0 Å². The monoisotopic (exact) mass is 237 g/mol. The van der Waals surface area contributed by atoms with Gasteiger partial charge in [0.05, 0.1) is 0 Å². The maximum absolute atomic E-state index is 11.6. The number of carbonyl (C=O) groups is 2. The zero-order chi connectivity index (χ0) is 12.8. The van der Waals surface area contributed by atoms with Crippen LogP contribution < -0.4 is 16.8 Å². The molecule has 2 amide bonds. The van der Waals surface area contributed by atoms with Crippen LogP contribution in [0.3, 0.4) is 0 Å². The molecule has 1 aromatic rings. The number of nitrogens with one attached hydrogen (secondary N) is 1. The van der Waals surface area contributed by atoms with Gasteiger partial charge < -0.3 is 16.8 Å². The van der Waals surface area contributed by atoms with Crippen LogP contribution in [-0.4, -0.2) is 28.3 Å². The lowest BCUT2D eigenvalue weighted by atomic mass is 10.3. The van der Waals surface area contributed by atoms with Crippen molar-refractivity contribution < 1.29 is 9.59 Å². The molecule has 1 heterocycles. The van der Waals surface area contributed by atoms with E-state index in [1.165, 1.54) is 0 Å². The highest BCUT2D eigenvalue weighted by molar-refractivity contribution is 5.92. The summed E-state index contributed by atoms with van der Waals surface area (Å²) in [5.41, 5.74) is 11.2. The van der Waals surface area contributed by atoms with Crippen LogP contribution in [0.1, 0.15) is 29.0 Å². The summed E-state index contributed by atoms with van der Waals surface area (Å²) in [4.78, 5) is 29.8. The molecule has 7 nitrogen and oxygen atoms in total. The fraction of sp³-hybridized carbons (Fsp3) is 0.400. The molecule has 0 saturated carbocycles. The van der Waals surface area contributed by atoms with Crippen LogP contribution in [0.25, 0.3) is 0 Å². The van der Waals surface area contributed by atoms with Crippen LogP contribution in [0, 0.1) is 6.92 Å². The maximum atomic E-state index is 11.6. The molecule has 0 atom stereocenters. The summed E-state index contributed by atoms with van der Waals surface area (Å²) in [5, 5.41) is 2.62. The van der Waals surface area contributed by atoms with Crippen molar-refractivity contribution in [3.8, 4) is 0 Å². The molecule has 17 heavy (non-hydrogen) atoms. The largest absolute Gasteiger partial charge is 0.370 e. The average molecular weight is 237 g/mol. The van der Waals surface area contributed by atoms with Gasteiger partial charge in [0.15, 0.2) is 0 Å². The fourth-order valence-electron chi connectivity index (χ4n) is 1.26. The smallest absolute Gasteiger partial charge is 0.270 e. The Morgan fingerprint density at radius 2 is 2.12 bits per heavy atom. The SMILES string of the molecule is Cc1cc(C(=O)NCCCC(N)=O)nc(N)n1. The average Bonchev–Trinajstić information content (AvgIpc) is 2.22. The molecule has 0 bridgehead atoms. The zero-order valence-corrected chi connectivity index (χ0v) is 9.56. The standard InChI is InChI=1S/C10H15N5O2/c1-6-5-7(15-10(12)14-6)9(17)13-4-2-3-8(11)16/h5H,2-4H2,1H3,(H2,11,16)(H,13,17)(H2,12,14,15). The van der Waals surface area contributed by atoms with Gasteiger partial charge in [0.1, 0.15) is 5.69 Å². The van der Waals surface area contributed by atoms with Crippen LogP contribution >= 0.6 is 0 Å². The van der Waals surface area contributed by atoms with Gasteiger partial charge in [0.25, 0.3) is 5.91 Å². The van der Waals surface area contributed by atoms with Crippen molar-refractivity contribution in [2.75, 3.05) is 12.3 Å². The second-order valence-corrected chi connectivity index (χ2v) is 3.58. The van der Waals surface area contributed by atoms with E-state index in [0.717, 1.165) is 0 Å². The first kappa shape index (κ1) is 12.9. The van der Waals surface area contributed by atoms with E-state index in [1.54, 1.807) is 13.0 Å². The highest BCUT2D eigenvalue weighted by Gasteiger charge is 2.08. The van der Waals surface area contributed by atoms with Crippen molar-refractivity contribution in [2.24, 2.45) is 5.73 Å². The molecular formula is C10H15N5O2. The molecule has 0 radical (unpaired) electrons. The van der Waals surface area contributed by atoms with Crippen molar-refractivity contribution in [3.63, 3.8) is 0 Å². The molecule has 0 aliphatic heterocycles. The van der Waals surface area contributed by atoms with E-state index >= 15 is 0 Å². The summed E-state index contributed by atoms with van der Waals surface area (Å²) < 4.78 is 0. The highest BCUT2D eigenvalue weighted by atomic mass is 16.2. The fourth-order valence-corrected chi connectivity index (χ4v) is 1.26. The highest BCUT2D eigenvalue weighted by Crippen LogP contribution is 2.01. The van der Waals surface area contributed by atoms with Gasteiger partial charge >= 0.3 is 0 Å². The lowest BCUT2D eigenvalue weighted by molar-refractivity contribution is -0.118. The number of hydrogen-bond donors (Lipinski definition) is 3. The number of hydrogen-bond acceptors (Lipinski definition) is 5. The molecular weight excluding hydrogens is 222 g/mol. The quantitative estimate of drug-likeness (QED) is 0.588. The molecule has 5 N–H and O–H groups in total. The summed E-state index contributed by atoms with van der Waals surface area (Å²) in [7, 11) is 0. The van der Waals surface area contributed by atoms with Crippen molar-refractivity contribution >= 4 is 17.8 Å². The van der Waals surface area contributed by atoms with Gasteiger partial charge in [0.2, 0.25) is 11.9 Å². The minimum atomic E-state index is -0.388. The summed E-state index contributed by atoms with van der Waals surface area (Å²) in [6.45, 7) is 2.09. The van der Waals surface area contributed by atoms with E-state index in [9.17, 15) is 9.59 Å². The third-order valence-electron chi connectivity index (χ3n) is 1.99. The third-order valence-corrected chi connectivity index (χ3v) is 1.99. The third kappa shape index (κ3) is 4.45. The van der Waals surface area contributed by atoms with E-state index in [-0.39, 0.29) is 29.9 Å². The number of aromatic nitrogens is 2. The Kier molecular flexibility index (Phi) is 4.38. The Labute approximate surface area is 98.6 Å². The van der Waals surface area contributed by atoms with Gasteiger partial charge in [0, 0.05) is 18.7 Å². The van der Waals surface area contributed by atoms with Gasteiger partial charge in [-0.05, 0) is 19.4 Å². The van der Waals surface area contributed by atoms with E-state index < -0.39 is 0 Å². The minimum Gasteiger partial charge on any atom is -0.370 e. The summed E-state index contributed by atoms with van der Waals surface area (Å²) >= 11 is 0. The minimum absolute atomic E-state index is 0.0623. The van der Waals surface area contributed by atoms with Crippen molar-refractivity contribution in [3.05, 3.63) is 17.5 Å². The molecule has 0 spiro atoms. The van der Waals surface area contributed by atoms with Gasteiger partial charge in [-0.1, -0.05) is 0 Å². The number of primary amides is 1. The molecule has 1 rings (SSSR count). The molecule has 92 valence electrons. The van der Waals surface area contributed by atoms with Crippen LogP contribution in [-0.2, 0) is 4.79 Å². The Bertz CT molecular complexity index is 412. The Morgan fingerprint density at radius 1 is 1.41 bits per heavy atom. The molecule has 0 fully saturated rings. The summed E-state index contributed by atoms with van der Waals surface area (Å²) in [6.07, 6.45) is 0.742. The first-order valence-electron chi connectivity index (χ1n) is 5.16. The number of anilines is 1. The van der Waals surface area contributed by atoms with E-state index in [2.05, 4.69) is 15.3 Å². The van der Waals surface area contributed by atoms with Crippen LogP contribution in [0.2, 0.25) is 0 Å². The predicted molar refractivity (Wildman–Crippen MR) is 61.9 cm³/mol. The predicted octanol–water partition coefficient (Wildman–Crippen LogP) is -0.637. The van der Waals surface area contributed by atoms with Crippen molar-refractivity contribution in [2.45, 2.75) is 19.8 Å². The Balaban J connectivity index is 2.49. The van der Waals surface area contributed by atoms with Gasteiger partial charge in [-0.2, -0.15) is 0 Å². The summed E-state index contributed by atoms with van der Waals surface area (Å²) in [6, 6.07) is 1.54. The molecule has 0 saturated heterocycles. The van der Waals surface area contributed by atoms with Gasteiger partial charge in [-0.15, -0.1) is 0 Å². The molecule has 1 aromatic heterocycles. The number of rotatable bonds is 5. The first-order chi connectivity index (χ1) is 7.99. The van der Waals surface area contributed by atoms with E-state index in [0.29, 0.717) is 18.7 Å². The van der Waals surface area contributed by atoms with Crippen LogP contribution in [0.5, 0.6) is 0 Å². The Morgan fingerprint density at radius 3 is 2.71 bits per heavy atom. The summed E-state index contributed by atoms with van der Waals surface area (Å²) in [5.74, 6) is -0.666. The molecule has 0 aliphatic carbocycles. The number of carbonyl (C=O) groups excluding carboxylic acids is 2. The lowest BCUT2D eigenvalue weighted by Crippen LogP contribution is -2.26. The first-order valence-corrected chi connectivity index (χ1v) is 5.16. The van der Waals surface area contributed by atoms with E-state index in [1.807, 2.05) is 0 Å². The van der Waals surface area contributed by atoms with E-state index in [4.69, 9.17) is 11.5 Å². The van der Waals surface area contributed by atoms with Gasteiger partial charge in [-0.3, -0.25) is 9.59 Å². The molecule has 7 heteroatoms. The van der Waals surface area contributed by atoms with Crippen LogP contribution in [0.4, 0.5) is 5.95 Å².